The number of benzene rings is 1. The molecule has 0 bridgehead atoms. The maximum Gasteiger partial charge on any atom is 0.417 e. The zero-order valence-corrected chi connectivity index (χ0v) is 16.8. The zero-order valence-electron chi connectivity index (χ0n) is 16.0. The first kappa shape index (κ1) is 20.7. The van der Waals surface area contributed by atoms with Crippen molar-refractivity contribution in [3.05, 3.63) is 52.8 Å². The van der Waals surface area contributed by atoms with Gasteiger partial charge in [-0.25, -0.2) is 0 Å². The summed E-state index contributed by atoms with van der Waals surface area (Å²) in [4.78, 5) is 10.2. The second-order valence-electron chi connectivity index (χ2n) is 7.37. The van der Waals surface area contributed by atoms with Gasteiger partial charge in [-0.3, -0.25) is 14.9 Å². The molecule has 9 heteroatoms. The van der Waals surface area contributed by atoms with E-state index in [9.17, 15) is 18.3 Å². The summed E-state index contributed by atoms with van der Waals surface area (Å²) in [6.07, 6.45) is 1.13. The number of aromatic hydroxyl groups is 1. The fraction of sp³-hybridized carbons (Fsp3) is 0.333. The molecular formula is C21H20ClF3N4O. The maximum absolute atomic E-state index is 13.0. The molecule has 0 saturated carbocycles. The van der Waals surface area contributed by atoms with Crippen LogP contribution in [0.3, 0.4) is 0 Å². The summed E-state index contributed by atoms with van der Waals surface area (Å²) in [5.41, 5.74) is 0.984. The molecule has 1 aliphatic rings. The van der Waals surface area contributed by atoms with Gasteiger partial charge in [0.2, 0.25) is 0 Å². The van der Waals surface area contributed by atoms with Crippen LogP contribution < -0.4 is 5.32 Å². The van der Waals surface area contributed by atoms with E-state index in [0.717, 1.165) is 38.2 Å². The Hall–Kier alpha value is -2.58. The van der Waals surface area contributed by atoms with Gasteiger partial charge in [-0.15, -0.1) is 0 Å². The number of nitrogens with zero attached hydrogens (tertiary/aromatic N) is 3. The van der Waals surface area contributed by atoms with Crippen LogP contribution in [0.25, 0.3) is 11.0 Å². The Bertz CT molecular complexity index is 1070. The molecule has 0 amide bonds. The minimum Gasteiger partial charge on any atom is -0.505 e. The predicted molar refractivity (Wildman–Crippen MR) is 110 cm³/mol. The second-order valence-corrected chi connectivity index (χ2v) is 7.81. The van der Waals surface area contributed by atoms with Crippen molar-refractivity contribution in [2.45, 2.75) is 32.0 Å². The molecule has 1 fully saturated rings. The Kier molecular flexibility index (Phi) is 5.71. The number of aromatic nitrogens is 2. The molecule has 0 spiro atoms. The molecule has 2 N–H and O–H groups in total. The molecular weight excluding hydrogens is 417 g/mol. The minimum atomic E-state index is -4.50. The summed E-state index contributed by atoms with van der Waals surface area (Å²) < 4.78 is 38.9. The van der Waals surface area contributed by atoms with Crippen LogP contribution in [-0.2, 0) is 12.7 Å². The van der Waals surface area contributed by atoms with Gasteiger partial charge in [-0.2, -0.15) is 13.2 Å². The van der Waals surface area contributed by atoms with Crippen molar-refractivity contribution in [2.24, 2.45) is 0 Å². The van der Waals surface area contributed by atoms with Crippen LogP contribution in [0, 0.1) is 0 Å². The smallest absolute Gasteiger partial charge is 0.417 e. The number of hydrogen-bond donors (Lipinski definition) is 2. The largest absolute Gasteiger partial charge is 0.505 e. The van der Waals surface area contributed by atoms with Gasteiger partial charge in [0.15, 0.2) is 0 Å². The molecule has 0 aliphatic carbocycles. The molecule has 1 saturated heterocycles. The molecule has 5 nitrogen and oxygen atoms in total. The fourth-order valence-corrected chi connectivity index (χ4v) is 3.90. The number of phenols is 1. The molecule has 2 aromatic heterocycles. The van der Waals surface area contributed by atoms with Gasteiger partial charge in [0.25, 0.3) is 0 Å². The van der Waals surface area contributed by atoms with Crippen molar-refractivity contribution in [1.29, 1.82) is 0 Å². The highest BCUT2D eigenvalue weighted by molar-refractivity contribution is 6.31. The first-order valence-corrected chi connectivity index (χ1v) is 10.0. The number of anilines is 2. The van der Waals surface area contributed by atoms with E-state index in [4.69, 9.17) is 11.6 Å². The van der Waals surface area contributed by atoms with Crippen LogP contribution in [0.4, 0.5) is 24.5 Å². The van der Waals surface area contributed by atoms with E-state index in [1.54, 1.807) is 18.2 Å². The standard InChI is InChI=1S/C21H20ClF3N4O/c22-15-8-13(12-29-6-2-1-3-7-29)20(30)18(10-15)28-16-4-5-26-17-9-14(21(23,24)25)11-27-19(16)17/h4-5,8-11,30H,1-3,6-7,12H2,(H,26,28). The highest BCUT2D eigenvalue weighted by Gasteiger charge is 2.31. The third-order valence-corrected chi connectivity index (χ3v) is 5.39. The molecule has 0 unspecified atom stereocenters. The average molecular weight is 437 g/mol. The third-order valence-electron chi connectivity index (χ3n) is 5.17. The number of piperidine rings is 1. The average Bonchev–Trinajstić information content (AvgIpc) is 2.71. The van der Waals surface area contributed by atoms with E-state index in [1.165, 1.54) is 12.6 Å². The van der Waals surface area contributed by atoms with Crippen molar-refractivity contribution < 1.29 is 18.3 Å². The monoisotopic (exact) mass is 436 g/mol. The van der Waals surface area contributed by atoms with E-state index < -0.39 is 11.7 Å². The van der Waals surface area contributed by atoms with Crippen LogP contribution in [0.15, 0.2) is 36.7 Å². The predicted octanol–water partition coefficient (Wildman–Crippen LogP) is 5.74. The molecule has 3 aromatic rings. The first-order valence-electron chi connectivity index (χ1n) is 9.64. The number of likely N-dealkylation sites (tertiary alicyclic amines) is 1. The number of rotatable bonds is 4. The summed E-state index contributed by atoms with van der Waals surface area (Å²) >= 11 is 6.27. The van der Waals surface area contributed by atoms with Crippen LogP contribution in [-0.4, -0.2) is 33.1 Å². The lowest BCUT2D eigenvalue weighted by molar-refractivity contribution is -0.137. The Labute approximate surface area is 176 Å². The summed E-state index contributed by atoms with van der Waals surface area (Å²) in [5.74, 6) is 0.0573. The number of halogens is 4. The second kappa shape index (κ2) is 8.28. The molecule has 4 rings (SSSR count). The van der Waals surface area contributed by atoms with E-state index in [0.29, 0.717) is 28.5 Å². The molecule has 0 atom stereocenters. The lowest BCUT2D eigenvalue weighted by Gasteiger charge is -2.27. The number of alkyl halides is 3. The normalized spacial score (nSPS) is 15.5. The van der Waals surface area contributed by atoms with Crippen LogP contribution in [0.5, 0.6) is 5.75 Å². The number of phenolic OH excluding ortho intramolecular Hbond substituents is 1. The van der Waals surface area contributed by atoms with Crippen LogP contribution in [0.2, 0.25) is 5.02 Å². The Morgan fingerprint density at radius 1 is 1.07 bits per heavy atom. The Morgan fingerprint density at radius 2 is 1.83 bits per heavy atom. The van der Waals surface area contributed by atoms with Crippen molar-refractivity contribution in [1.82, 2.24) is 14.9 Å². The van der Waals surface area contributed by atoms with E-state index in [-0.39, 0.29) is 16.8 Å². The number of fused-ring (bicyclic) bond motifs is 1. The summed E-state index contributed by atoms with van der Waals surface area (Å²) in [7, 11) is 0. The molecule has 1 aromatic carbocycles. The third kappa shape index (κ3) is 4.44. The number of nitrogens with one attached hydrogen (secondary N) is 1. The van der Waals surface area contributed by atoms with E-state index in [2.05, 4.69) is 20.2 Å². The van der Waals surface area contributed by atoms with Gasteiger partial charge in [-0.1, -0.05) is 18.0 Å². The van der Waals surface area contributed by atoms with Gasteiger partial charge in [0.1, 0.15) is 11.3 Å². The minimum absolute atomic E-state index is 0.0573. The van der Waals surface area contributed by atoms with Crippen molar-refractivity contribution >= 4 is 34.0 Å². The van der Waals surface area contributed by atoms with Gasteiger partial charge >= 0.3 is 6.18 Å². The fourth-order valence-electron chi connectivity index (χ4n) is 3.66. The number of pyridine rings is 2. The van der Waals surface area contributed by atoms with Crippen molar-refractivity contribution in [3.8, 4) is 5.75 Å². The Morgan fingerprint density at radius 3 is 2.57 bits per heavy atom. The lowest BCUT2D eigenvalue weighted by Crippen LogP contribution is -2.29. The summed E-state index contributed by atoms with van der Waals surface area (Å²) in [6.45, 7) is 2.51. The molecule has 158 valence electrons. The van der Waals surface area contributed by atoms with Gasteiger partial charge in [0, 0.05) is 29.5 Å². The highest BCUT2D eigenvalue weighted by Crippen LogP contribution is 2.37. The Balaban J connectivity index is 1.66. The van der Waals surface area contributed by atoms with Gasteiger partial charge in [-0.05, 0) is 50.2 Å². The first-order chi connectivity index (χ1) is 14.3. The zero-order chi connectivity index (χ0) is 21.3. The van der Waals surface area contributed by atoms with Crippen molar-refractivity contribution in [2.75, 3.05) is 18.4 Å². The summed E-state index contributed by atoms with van der Waals surface area (Å²) in [5, 5.41) is 14.3. The number of hydrogen-bond acceptors (Lipinski definition) is 5. The molecule has 30 heavy (non-hydrogen) atoms. The van der Waals surface area contributed by atoms with E-state index in [1.807, 2.05) is 0 Å². The molecule has 1 aliphatic heterocycles. The topological polar surface area (TPSA) is 61.3 Å². The summed E-state index contributed by atoms with van der Waals surface area (Å²) in [6, 6.07) is 5.85. The highest BCUT2D eigenvalue weighted by atomic mass is 35.5. The van der Waals surface area contributed by atoms with E-state index >= 15 is 0 Å². The van der Waals surface area contributed by atoms with Crippen LogP contribution in [0.1, 0.15) is 30.4 Å². The maximum atomic E-state index is 13.0. The molecule has 3 heterocycles. The SMILES string of the molecule is Oc1c(CN2CCCCC2)cc(Cl)cc1Nc1ccnc2cc(C(F)(F)F)cnc12. The van der Waals surface area contributed by atoms with Crippen LogP contribution >= 0.6 is 11.6 Å². The quantitative estimate of drug-likeness (QED) is 0.511. The van der Waals surface area contributed by atoms with Crippen molar-refractivity contribution in [3.63, 3.8) is 0 Å². The lowest BCUT2D eigenvalue weighted by atomic mass is 10.1. The van der Waals surface area contributed by atoms with Gasteiger partial charge in [0.05, 0.1) is 22.5 Å². The molecule has 0 radical (unpaired) electrons. The van der Waals surface area contributed by atoms with Gasteiger partial charge < -0.3 is 10.4 Å².